The molecule has 0 aliphatic heterocycles. The SMILES string of the molecule is COc1ccc(N(/C=C\[C@@H](c2ccccc2)[C@H](c2ccccc2)C(C(C)=O)C(C)=O)C(=O)OC(C)(C)C)cc1. The molecule has 0 aromatic heterocycles. The van der Waals surface area contributed by atoms with E-state index in [4.69, 9.17) is 9.47 Å². The molecule has 1 amide bonds. The lowest BCUT2D eigenvalue weighted by Crippen LogP contribution is -2.34. The lowest BCUT2D eigenvalue weighted by Gasteiger charge is -2.31. The monoisotopic (exact) mass is 527 g/mol. The van der Waals surface area contributed by atoms with Crippen LogP contribution < -0.4 is 9.64 Å². The minimum absolute atomic E-state index is 0.204. The summed E-state index contributed by atoms with van der Waals surface area (Å²) >= 11 is 0. The molecule has 0 fully saturated rings. The highest BCUT2D eigenvalue weighted by atomic mass is 16.6. The van der Waals surface area contributed by atoms with Gasteiger partial charge in [0.15, 0.2) is 0 Å². The Morgan fingerprint density at radius 3 is 1.74 bits per heavy atom. The predicted octanol–water partition coefficient (Wildman–Crippen LogP) is 7.31. The van der Waals surface area contributed by atoms with Crippen LogP contribution in [-0.2, 0) is 14.3 Å². The van der Waals surface area contributed by atoms with Crippen molar-refractivity contribution in [3.05, 3.63) is 108 Å². The van der Waals surface area contributed by atoms with Crippen molar-refractivity contribution >= 4 is 23.3 Å². The van der Waals surface area contributed by atoms with Crippen LogP contribution in [0.4, 0.5) is 10.5 Å². The highest BCUT2D eigenvalue weighted by Gasteiger charge is 2.36. The molecular weight excluding hydrogens is 490 g/mol. The third kappa shape index (κ3) is 7.90. The maximum absolute atomic E-state index is 13.4. The molecule has 0 heterocycles. The number of anilines is 1. The third-order valence-corrected chi connectivity index (χ3v) is 6.37. The van der Waals surface area contributed by atoms with Gasteiger partial charge in [0.1, 0.15) is 22.9 Å². The van der Waals surface area contributed by atoms with Gasteiger partial charge in [0.2, 0.25) is 0 Å². The summed E-state index contributed by atoms with van der Waals surface area (Å²) in [5.41, 5.74) is 1.64. The average Bonchev–Trinajstić information content (AvgIpc) is 2.90. The quantitative estimate of drug-likeness (QED) is 0.259. The van der Waals surface area contributed by atoms with Crippen molar-refractivity contribution in [3.63, 3.8) is 0 Å². The lowest BCUT2D eigenvalue weighted by molar-refractivity contribution is -0.131. The van der Waals surface area contributed by atoms with Gasteiger partial charge >= 0.3 is 6.09 Å². The zero-order valence-electron chi connectivity index (χ0n) is 23.5. The average molecular weight is 528 g/mol. The van der Waals surface area contributed by atoms with Gasteiger partial charge in [0.25, 0.3) is 0 Å². The zero-order chi connectivity index (χ0) is 28.6. The molecule has 2 atom stereocenters. The molecule has 3 rings (SSSR count). The van der Waals surface area contributed by atoms with Gasteiger partial charge in [-0.05, 0) is 70.0 Å². The Hall–Kier alpha value is -4.19. The normalized spacial score (nSPS) is 13.1. The number of ether oxygens (including phenoxy) is 2. The van der Waals surface area contributed by atoms with E-state index in [1.54, 1.807) is 37.6 Å². The number of hydrogen-bond donors (Lipinski definition) is 0. The van der Waals surface area contributed by atoms with Gasteiger partial charge in [-0.1, -0.05) is 66.7 Å². The number of carbonyl (C=O) groups excluding carboxylic acids is 3. The van der Waals surface area contributed by atoms with Crippen LogP contribution in [0.2, 0.25) is 0 Å². The fourth-order valence-electron chi connectivity index (χ4n) is 4.67. The molecule has 6 heteroatoms. The summed E-state index contributed by atoms with van der Waals surface area (Å²) in [5, 5.41) is 0. The van der Waals surface area contributed by atoms with E-state index in [2.05, 4.69) is 0 Å². The zero-order valence-corrected chi connectivity index (χ0v) is 23.5. The van der Waals surface area contributed by atoms with Gasteiger partial charge in [0, 0.05) is 18.0 Å². The maximum Gasteiger partial charge on any atom is 0.418 e. The topological polar surface area (TPSA) is 72.9 Å². The fraction of sp³-hybridized carbons (Fsp3) is 0.303. The van der Waals surface area contributed by atoms with E-state index in [0.717, 1.165) is 11.1 Å². The van der Waals surface area contributed by atoms with Gasteiger partial charge in [-0.25, -0.2) is 4.79 Å². The summed E-state index contributed by atoms with van der Waals surface area (Å²) in [7, 11) is 1.58. The maximum atomic E-state index is 13.4. The first-order valence-corrected chi connectivity index (χ1v) is 13.0. The molecule has 0 saturated carbocycles. The summed E-state index contributed by atoms with van der Waals surface area (Å²) < 4.78 is 11.0. The molecule has 6 nitrogen and oxygen atoms in total. The number of carbonyl (C=O) groups is 3. The Morgan fingerprint density at radius 1 is 0.769 bits per heavy atom. The summed E-state index contributed by atoms with van der Waals surface area (Å²) in [6, 6.07) is 26.3. The van der Waals surface area contributed by atoms with Crippen LogP contribution in [0.3, 0.4) is 0 Å². The number of allylic oxidation sites excluding steroid dienone is 1. The second-order valence-electron chi connectivity index (χ2n) is 10.5. The van der Waals surface area contributed by atoms with Crippen molar-refractivity contribution in [2.45, 2.75) is 52.1 Å². The van der Waals surface area contributed by atoms with Crippen LogP contribution in [0.5, 0.6) is 5.75 Å². The highest BCUT2D eigenvalue weighted by molar-refractivity contribution is 6.01. The van der Waals surface area contributed by atoms with Crippen molar-refractivity contribution in [2.24, 2.45) is 5.92 Å². The van der Waals surface area contributed by atoms with E-state index < -0.39 is 29.4 Å². The summed E-state index contributed by atoms with van der Waals surface area (Å²) in [6.45, 7) is 8.34. The van der Waals surface area contributed by atoms with Crippen molar-refractivity contribution in [3.8, 4) is 5.75 Å². The van der Waals surface area contributed by atoms with Gasteiger partial charge in [-0.15, -0.1) is 0 Å². The Bertz CT molecular complexity index is 1260. The molecule has 0 spiro atoms. The molecule has 204 valence electrons. The molecular formula is C33H37NO5. The second kappa shape index (κ2) is 13.1. The Morgan fingerprint density at radius 2 is 1.28 bits per heavy atom. The number of amides is 1. The third-order valence-electron chi connectivity index (χ3n) is 6.37. The first kappa shape index (κ1) is 29.4. The summed E-state index contributed by atoms with van der Waals surface area (Å²) in [6.07, 6.45) is 2.99. The van der Waals surface area contributed by atoms with Crippen molar-refractivity contribution in [2.75, 3.05) is 12.0 Å². The molecule has 3 aromatic carbocycles. The molecule has 3 aromatic rings. The highest BCUT2D eigenvalue weighted by Crippen LogP contribution is 2.41. The Labute approximate surface area is 231 Å². The van der Waals surface area contributed by atoms with Crippen molar-refractivity contribution < 1.29 is 23.9 Å². The van der Waals surface area contributed by atoms with E-state index >= 15 is 0 Å². The van der Waals surface area contributed by atoms with Gasteiger partial charge in [0.05, 0.1) is 18.7 Å². The Kier molecular flexibility index (Phi) is 9.83. The van der Waals surface area contributed by atoms with Crippen LogP contribution in [0.15, 0.2) is 97.2 Å². The lowest BCUT2D eigenvalue weighted by atomic mass is 9.71. The van der Waals surface area contributed by atoms with E-state index in [1.807, 2.05) is 87.5 Å². The van der Waals surface area contributed by atoms with Gasteiger partial charge in [-0.3, -0.25) is 14.5 Å². The van der Waals surface area contributed by atoms with Crippen molar-refractivity contribution in [1.29, 1.82) is 0 Å². The van der Waals surface area contributed by atoms with Gasteiger partial charge in [-0.2, -0.15) is 0 Å². The fourth-order valence-corrected chi connectivity index (χ4v) is 4.67. The largest absolute Gasteiger partial charge is 0.497 e. The first-order chi connectivity index (χ1) is 18.5. The first-order valence-electron chi connectivity index (χ1n) is 13.0. The van der Waals surface area contributed by atoms with E-state index in [0.29, 0.717) is 11.4 Å². The number of Topliss-reactive ketones (excluding diaryl/α,β-unsaturated/α-hetero) is 2. The summed E-state index contributed by atoms with van der Waals surface area (Å²) in [5.74, 6) is -1.51. The number of ketones is 2. The number of rotatable bonds is 10. The van der Waals surface area contributed by atoms with Gasteiger partial charge < -0.3 is 9.47 Å². The number of nitrogens with zero attached hydrogens (tertiary/aromatic N) is 1. The standard InChI is InChI=1S/C33H37NO5/c1-23(35)30(24(2)36)31(26-15-11-8-12-16-26)29(25-13-9-7-10-14-25)21-22-34(32(37)39-33(3,4)5)27-17-19-28(38-6)20-18-27/h7-22,29-31H,1-6H3/b22-21-/t29-,31-/m0/s1. The minimum Gasteiger partial charge on any atom is -0.497 e. The van der Waals surface area contributed by atoms with Crippen LogP contribution in [0.1, 0.15) is 57.6 Å². The van der Waals surface area contributed by atoms with E-state index in [-0.39, 0.29) is 11.6 Å². The Balaban J connectivity index is 2.19. The molecule has 0 N–H and O–H groups in total. The predicted molar refractivity (Wildman–Crippen MR) is 154 cm³/mol. The minimum atomic E-state index is -0.863. The number of hydrogen-bond acceptors (Lipinski definition) is 5. The van der Waals surface area contributed by atoms with Crippen LogP contribution in [0, 0.1) is 5.92 Å². The van der Waals surface area contributed by atoms with Crippen molar-refractivity contribution in [1.82, 2.24) is 0 Å². The smallest absolute Gasteiger partial charge is 0.418 e. The summed E-state index contributed by atoms with van der Waals surface area (Å²) in [4.78, 5) is 40.6. The molecule has 0 bridgehead atoms. The van der Waals surface area contributed by atoms with Crippen LogP contribution in [-0.4, -0.2) is 30.4 Å². The molecule has 0 radical (unpaired) electrons. The second-order valence-corrected chi connectivity index (χ2v) is 10.5. The van der Waals surface area contributed by atoms with E-state index in [9.17, 15) is 14.4 Å². The van der Waals surface area contributed by atoms with E-state index in [1.165, 1.54) is 18.7 Å². The van der Waals surface area contributed by atoms with Crippen LogP contribution >= 0.6 is 0 Å². The number of benzene rings is 3. The van der Waals surface area contributed by atoms with Crippen LogP contribution in [0.25, 0.3) is 0 Å². The molecule has 0 unspecified atom stereocenters. The molecule has 39 heavy (non-hydrogen) atoms. The molecule has 0 saturated heterocycles. The molecule has 0 aliphatic rings. The number of methoxy groups -OCH3 is 1. The molecule has 0 aliphatic carbocycles.